The predicted molar refractivity (Wildman–Crippen MR) is 95.2 cm³/mol. The Labute approximate surface area is 143 Å². The van der Waals surface area contributed by atoms with Crippen molar-refractivity contribution in [1.82, 2.24) is 9.80 Å². The van der Waals surface area contributed by atoms with Crippen LogP contribution in [0.15, 0.2) is 18.2 Å². The lowest BCUT2D eigenvalue weighted by Crippen LogP contribution is -2.45. The van der Waals surface area contributed by atoms with Crippen LogP contribution in [0.5, 0.6) is 0 Å². The number of carbonyl (C=O) groups is 1. The molecule has 0 unspecified atom stereocenters. The molecule has 3 rings (SSSR count). The van der Waals surface area contributed by atoms with Gasteiger partial charge in [-0.2, -0.15) is 0 Å². The van der Waals surface area contributed by atoms with E-state index in [0.717, 1.165) is 57.8 Å². The van der Waals surface area contributed by atoms with Crippen molar-refractivity contribution < 1.29 is 9.18 Å². The van der Waals surface area contributed by atoms with Crippen LogP contribution in [0.3, 0.4) is 0 Å². The zero-order valence-electron chi connectivity index (χ0n) is 14.4. The summed E-state index contributed by atoms with van der Waals surface area (Å²) in [5.74, 6) is -0.320. The quantitative estimate of drug-likeness (QED) is 0.904. The average molecular weight is 334 g/mol. The number of amides is 2. The third-order valence-electron chi connectivity index (χ3n) is 4.94. The van der Waals surface area contributed by atoms with Gasteiger partial charge in [-0.25, -0.2) is 9.18 Å². The molecule has 0 atom stereocenters. The van der Waals surface area contributed by atoms with E-state index in [1.54, 1.807) is 6.07 Å². The number of hydrogen-bond acceptors (Lipinski definition) is 3. The van der Waals surface area contributed by atoms with Crippen molar-refractivity contribution in [1.29, 1.82) is 0 Å². The number of likely N-dealkylation sites (N-methyl/N-ethyl adjacent to an activating group) is 1. The van der Waals surface area contributed by atoms with Crippen LogP contribution in [0.2, 0.25) is 0 Å². The summed E-state index contributed by atoms with van der Waals surface area (Å²) in [7, 11) is 2.10. The number of halogens is 1. The van der Waals surface area contributed by atoms with Gasteiger partial charge in [0.15, 0.2) is 0 Å². The summed E-state index contributed by atoms with van der Waals surface area (Å²) in [5, 5.41) is 2.95. The van der Waals surface area contributed by atoms with E-state index < -0.39 is 0 Å². The second kappa shape index (κ2) is 7.83. The molecular formula is C18H27FN4O. The summed E-state index contributed by atoms with van der Waals surface area (Å²) in [6, 6.07) is 4.56. The fourth-order valence-corrected chi connectivity index (χ4v) is 3.40. The molecule has 0 saturated carbocycles. The zero-order valence-corrected chi connectivity index (χ0v) is 14.4. The Hall–Kier alpha value is -1.82. The Morgan fingerprint density at radius 2 is 1.67 bits per heavy atom. The van der Waals surface area contributed by atoms with Gasteiger partial charge in [0.05, 0.1) is 11.4 Å². The molecular weight excluding hydrogens is 307 g/mol. The first-order valence-electron chi connectivity index (χ1n) is 8.92. The Balaban J connectivity index is 1.74. The highest BCUT2D eigenvalue weighted by atomic mass is 19.1. The van der Waals surface area contributed by atoms with Crippen molar-refractivity contribution >= 4 is 17.4 Å². The number of carbonyl (C=O) groups excluding carboxylic acids is 1. The van der Waals surface area contributed by atoms with Gasteiger partial charge in [0.25, 0.3) is 0 Å². The largest absolute Gasteiger partial charge is 0.367 e. The normalized spacial score (nSPS) is 19.9. The number of anilines is 2. The number of piperazine rings is 1. The minimum atomic E-state index is -0.320. The van der Waals surface area contributed by atoms with Crippen molar-refractivity contribution in [2.75, 3.05) is 56.5 Å². The molecule has 1 N–H and O–H groups in total. The van der Waals surface area contributed by atoms with E-state index in [1.807, 2.05) is 4.90 Å². The first kappa shape index (κ1) is 17.0. The molecule has 5 nitrogen and oxygen atoms in total. The van der Waals surface area contributed by atoms with Gasteiger partial charge in [-0.3, -0.25) is 0 Å². The van der Waals surface area contributed by atoms with E-state index in [0.29, 0.717) is 5.69 Å². The molecule has 2 saturated heterocycles. The molecule has 132 valence electrons. The van der Waals surface area contributed by atoms with E-state index >= 15 is 0 Å². The molecule has 2 aliphatic heterocycles. The van der Waals surface area contributed by atoms with Crippen LogP contribution in [0.4, 0.5) is 20.6 Å². The first-order chi connectivity index (χ1) is 11.6. The lowest BCUT2D eigenvalue weighted by Gasteiger charge is -2.35. The number of benzene rings is 1. The molecule has 6 heteroatoms. The third kappa shape index (κ3) is 4.17. The SMILES string of the molecule is CN1CCN(c2ccc(F)cc2NC(=O)N2CCCCCC2)CC1. The fourth-order valence-electron chi connectivity index (χ4n) is 3.40. The van der Waals surface area contributed by atoms with E-state index in [-0.39, 0.29) is 11.8 Å². The molecule has 0 aromatic heterocycles. The number of nitrogens with zero attached hydrogens (tertiary/aromatic N) is 3. The summed E-state index contributed by atoms with van der Waals surface area (Å²) >= 11 is 0. The summed E-state index contributed by atoms with van der Waals surface area (Å²) < 4.78 is 13.7. The topological polar surface area (TPSA) is 38.8 Å². The minimum Gasteiger partial charge on any atom is -0.367 e. The zero-order chi connectivity index (χ0) is 16.9. The summed E-state index contributed by atoms with van der Waals surface area (Å²) in [4.78, 5) is 18.9. The second-order valence-corrected chi connectivity index (χ2v) is 6.78. The van der Waals surface area contributed by atoms with E-state index in [1.165, 1.54) is 25.0 Å². The van der Waals surface area contributed by atoms with E-state index in [9.17, 15) is 9.18 Å². The van der Waals surface area contributed by atoms with Crippen LogP contribution in [0, 0.1) is 5.82 Å². The highest BCUT2D eigenvalue weighted by molar-refractivity contribution is 5.93. The number of rotatable bonds is 2. The van der Waals surface area contributed by atoms with Crippen LogP contribution in [0.25, 0.3) is 0 Å². The van der Waals surface area contributed by atoms with Gasteiger partial charge in [-0.15, -0.1) is 0 Å². The number of likely N-dealkylation sites (tertiary alicyclic amines) is 1. The molecule has 2 fully saturated rings. The number of hydrogen-bond donors (Lipinski definition) is 1. The molecule has 24 heavy (non-hydrogen) atoms. The van der Waals surface area contributed by atoms with Crippen LogP contribution < -0.4 is 10.2 Å². The van der Waals surface area contributed by atoms with Gasteiger partial charge >= 0.3 is 6.03 Å². The Morgan fingerprint density at radius 1 is 1.00 bits per heavy atom. The Bertz CT molecular complexity index is 564. The second-order valence-electron chi connectivity index (χ2n) is 6.78. The molecule has 2 heterocycles. The lowest BCUT2D eigenvalue weighted by atomic mass is 10.2. The van der Waals surface area contributed by atoms with Crippen molar-refractivity contribution in [3.05, 3.63) is 24.0 Å². The smallest absolute Gasteiger partial charge is 0.321 e. The first-order valence-corrected chi connectivity index (χ1v) is 8.92. The van der Waals surface area contributed by atoms with Gasteiger partial charge in [0.1, 0.15) is 5.82 Å². The molecule has 0 aliphatic carbocycles. The summed E-state index contributed by atoms with van der Waals surface area (Å²) in [5.41, 5.74) is 1.49. The molecule has 2 aliphatic rings. The predicted octanol–water partition coefficient (Wildman–Crippen LogP) is 2.99. The maximum Gasteiger partial charge on any atom is 0.321 e. The minimum absolute atomic E-state index is 0.113. The van der Waals surface area contributed by atoms with Crippen molar-refractivity contribution in [3.63, 3.8) is 0 Å². The third-order valence-corrected chi connectivity index (χ3v) is 4.94. The van der Waals surface area contributed by atoms with Gasteiger partial charge in [0, 0.05) is 39.3 Å². The fraction of sp³-hybridized carbons (Fsp3) is 0.611. The summed E-state index contributed by atoms with van der Waals surface area (Å²) in [6.07, 6.45) is 4.44. The van der Waals surface area contributed by atoms with Crippen LogP contribution >= 0.6 is 0 Å². The van der Waals surface area contributed by atoms with E-state index in [2.05, 4.69) is 22.2 Å². The number of urea groups is 1. The molecule has 2 amide bonds. The molecule has 1 aromatic rings. The molecule has 0 spiro atoms. The van der Waals surface area contributed by atoms with Gasteiger partial charge in [-0.1, -0.05) is 12.8 Å². The highest BCUT2D eigenvalue weighted by Gasteiger charge is 2.21. The van der Waals surface area contributed by atoms with Crippen LogP contribution in [0.1, 0.15) is 25.7 Å². The highest BCUT2D eigenvalue weighted by Crippen LogP contribution is 2.28. The van der Waals surface area contributed by atoms with Gasteiger partial charge in [-0.05, 0) is 38.1 Å². The standard InChI is InChI=1S/C18H27FN4O/c1-21-10-12-22(13-11-21)17-7-6-15(19)14-16(17)20-18(24)23-8-4-2-3-5-9-23/h6-7,14H,2-5,8-13H2,1H3,(H,20,24). The van der Waals surface area contributed by atoms with E-state index in [4.69, 9.17) is 0 Å². The van der Waals surface area contributed by atoms with Crippen molar-refractivity contribution in [2.24, 2.45) is 0 Å². The van der Waals surface area contributed by atoms with Crippen LogP contribution in [-0.4, -0.2) is 62.1 Å². The van der Waals surface area contributed by atoms with Gasteiger partial charge in [0.2, 0.25) is 0 Å². The molecule has 0 bridgehead atoms. The van der Waals surface area contributed by atoms with Crippen molar-refractivity contribution in [2.45, 2.75) is 25.7 Å². The summed E-state index contributed by atoms with van der Waals surface area (Å²) in [6.45, 7) is 5.27. The van der Waals surface area contributed by atoms with Crippen molar-refractivity contribution in [3.8, 4) is 0 Å². The molecule has 0 radical (unpaired) electrons. The molecule has 1 aromatic carbocycles. The average Bonchev–Trinajstić information content (AvgIpc) is 2.85. The lowest BCUT2D eigenvalue weighted by molar-refractivity contribution is 0.214. The maximum absolute atomic E-state index is 13.7. The maximum atomic E-state index is 13.7. The Morgan fingerprint density at radius 3 is 2.33 bits per heavy atom. The van der Waals surface area contributed by atoms with Crippen LogP contribution in [-0.2, 0) is 0 Å². The van der Waals surface area contributed by atoms with Gasteiger partial charge < -0.3 is 20.0 Å². The Kier molecular flexibility index (Phi) is 5.56. The number of nitrogens with one attached hydrogen (secondary N) is 1. The monoisotopic (exact) mass is 334 g/mol.